The van der Waals surface area contributed by atoms with Crippen molar-refractivity contribution in [2.75, 3.05) is 0 Å². The van der Waals surface area contributed by atoms with E-state index in [1.165, 1.54) is 6.07 Å². The molecule has 0 saturated carbocycles. The topological polar surface area (TPSA) is 67.2 Å². The summed E-state index contributed by atoms with van der Waals surface area (Å²) in [4.78, 5) is 23.1. The van der Waals surface area contributed by atoms with Gasteiger partial charge in [-0.05, 0) is 36.4 Å². The third-order valence-electron chi connectivity index (χ3n) is 3.03. The number of nitrogens with zero attached hydrogens (tertiary/aromatic N) is 1. The number of benzene rings is 2. The molecule has 3 rings (SSSR count). The number of rotatable bonds is 0. The normalized spacial score (nSPS) is 12.0. The summed E-state index contributed by atoms with van der Waals surface area (Å²) in [5, 5.41) is 8.73. The van der Waals surface area contributed by atoms with Crippen LogP contribution in [0.5, 0.6) is 0 Å². The van der Waals surface area contributed by atoms with E-state index in [1.807, 2.05) is 6.07 Å². The Labute approximate surface area is 120 Å². The molecule has 0 atom stereocenters. The van der Waals surface area contributed by atoms with Crippen LogP contribution in [0.2, 0.25) is 0 Å². The van der Waals surface area contributed by atoms with E-state index in [2.05, 4.69) is 16.6 Å². The highest BCUT2D eigenvalue weighted by Gasteiger charge is 2.31. The van der Waals surface area contributed by atoms with Crippen molar-refractivity contribution in [1.29, 1.82) is 5.26 Å². The van der Waals surface area contributed by atoms with Gasteiger partial charge >= 0.3 is 11.9 Å². The molecule has 0 fully saturated rings. The van der Waals surface area contributed by atoms with Crippen LogP contribution in [0.15, 0.2) is 42.5 Å². The Hall–Kier alpha value is -3.37. The molecule has 2 aromatic carbocycles. The van der Waals surface area contributed by atoms with Crippen molar-refractivity contribution in [2.45, 2.75) is 0 Å². The molecule has 0 N–H and O–H groups in total. The molecule has 0 aromatic heterocycles. The lowest BCUT2D eigenvalue weighted by molar-refractivity contribution is 0.0443. The molecule has 0 spiro atoms. The van der Waals surface area contributed by atoms with E-state index in [1.54, 1.807) is 36.4 Å². The molecule has 98 valence electrons. The standard InChI is InChI=1S/C17H7NO3/c18-10-12-6-4-11(5-7-12)8-9-13-2-1-3-14-15(13)17(20)21-16(14)19/h1-7H. The Bertz CT molecular complexity index is 862. The molecule has 0 aliphatic carbocycles. The number of hydrogen-bond donors (Lipinski definition) is 0. The third kappa shape index (κ3) is 2.27. The van der Waals surface area contributed by atoms with Crippen molar-refractivity contribution < 1.29 is 14.3 Å². The van der Waals surface area contributed by atoms with Crippen LogP contribution >= 0.6 is 0 Å². The van der Waals surface area contributed by atoms with Gasteiger partial charge in [0, 0.05) is 11.1 Å². The first kappa shape index (κ1) is 12.7. The Kier molecular flexibility index (Phi) is 2.99. The fourth-order valence-electron chi connectivity index (χ4n) is 2.00. The maximum absolute atomic E-state index is 11.6. The lowest BCUT2D eigenvalue weighted by atomic mass is 10.0. The molecule has 21 heavy (non-hydrogen) atoms. The Morgan fingerprint density at radius 2 is 1.57 bits per heavy atom. The number of cyclic esters (lactones) is 2. The van der Waals surface area contributed by atoms with Crippen molar-refractivity contribution in [3.8, 4) is 17.9 Å². The van der Waals surface area contributed by atoms with Gasteiger partial charge < -0.3 is 4.74 Å². The third-order valence-corrected chi connectivity index (χ3v) is 3.03. The van der Waals surface area contributed by atoms with Crippen molar-refractivity contribution in [3.05, 3.63) is 70.3 Å². The summed E-state index contributed by atoms with van der Waals surface area (Å²) in [5.74, 6) is 4.45. The Morgan fingerprint density at radius 1 is 0.857 bits per heavy atom. The predicted molar refractivity (Wildman–Crippen MR) is 73.3 cm³/mol. The molecular weight excluding hydrogens is 266 g/mol. The van der Waals surface area contributed by atoms with Gasteiger partial charge in [0.05, 0.1) is 22.8 Å². The van der Waals surface area contributed by atoms with E-state index in [0.29, 0.717) is 16.7 Å². The summed E-state index contributed by atoms with van der Waals surface area (Å²) in [6.07, 6.45) is 0. The SMILES string of the molecule is N#Cc1ccc(C#Cc2cccc3c2C(=O)OC3=O)cc1. The second kappa shape index (κ2) is 4.96. The summed E-state index contributed by atoms with van der Waals surface area (Å²) in [6, 6.07) is 13.6. The highest BCUT2D eigenvalue weighted by atomic mass is 16.6. The first-order valence-electron chi connectivity index (χ1n) is 6.11. The maximum Gasteiger partial charge on any atom is 0.348 e. The fraction of sp³-hybridized carbons (Fsp3) is 0. The largest absolute Gasteiger partial charge is 0.386 e. The molecule has 0 amide bonds. The van der Waals surface area contributed by atoms with Crippen LogP contribution in [-0.4, -0.2) is 11.9 Å². The zero-order chi connectivity index (χ0) is 14.8. The van der Waals surface area contributed by atoms with Crippen LogP contribution in [0.1, 0.15) is 37.4 Å². The van der Waals surface area contributed by atoms with E-state index in [9.17, 15) is 9.59 Å². The zero-order valence-corrected chi connectivity index (χ0v) is 10.7. The van der Waals surface area contributed by atoms with Gasteiger partial charge in [-0.3, -0.25) is 0 Å². The van der Waals surface area contributed by atoms with Gasteiger partial charge in [0.1, 0.15) is 0 Å². The van der Waals surface area contributed by atoms with Crippen molar-refractivity contribution >= 4 is 11.9 Å². The molecule has 0 unspecified atom stereocenters. The number of ether oxygens (including phenoxy) is 1. The number of fused-ring (bicyclic) bond motifs is 1. The van der Waals surface area contributed by atoms with Gasteiger partial charge in [0.2, 0.25) is 0 Å². The molecule has 4 nitrogen and oxygen atoms in total. The number of carbonyl (C=O) groups excluding carboxylic acids is 2. The second-order valence-electron chi connectivity index (χ2n) is 4.34. The lowest BCUT2D eigenvalue weighted by Crippen LogP contribution is -1.98. The minimum Gasteiger partial charge on any atom is -0.386 e. The molecule has 0 saturated heterocycles. The van der Waals surface area contributed by atoms with Crippen LogP contribution in [0.3, 0.4) is 0 Å². The van der Waals surface area contributed by atoms with Gasteiger partial charge in [-0.15, -0.1) is 0 Å². The minimum absolute atomic E-state index is 0.212. The first-order chi connectivity index (χ1) is 10.2. The smallest absolute Gasteiger partial charge is 0.348 e. The monoisotopic (exact) mass is 273 g/mol. The van der Waals surface area contributed by atoms with Crippen molar-refractivity contribution in [3.63, 3.8) is 0 Å². The fourth-order valence-corrected chi connectivity index (χ4v) is 2.00. The predicted octanol–water partition coefficient (Wildman–Crippen LogP) is 2.27. The zero-order valence-electron chi connectivity index (χ0n) is 10.7. The van der Waals surface area contributed by atoms with E-state index >= 15 is 0 Å². The summed E-state index contributed by atoms with van der Waals surface area (Å²) < 4.78 is 4.57. The van der Waals surface area contributed by atoms with E-state index in [4.69, 9.17) is 5.26 Å². The number of carbonyl (C=O) groups is 2. The Morgan fingerprint density at radius 3 is 2.29 bits per heavy atom. The van der Waals surface area contributed by atoms with Gasteiger partial charge in [-0.25, -0.2) is 9.59 Å². The highest BCUT2D eigenvalue weighted by molar-refractivity contribution is 6.15. The second-order valence-corrected chi connectivity index (χ2v) is 4.34. The van der Waals surface area contributed by atoms with Crippen molar-refractivity contribution in [1.82, 2.24) is 0 Å². The van der Waals surface area contributed by atoms with Gasteiger partial charge in [-0.2, -0.15) is 5.26 Å². The molecule has 2 aromatic rings. The van der Waals surface area contributed by atoms with Gasteiger partial charge in [0.25, 0.3) is 0 Å². The molecule has 1 aliphatic rings. The number of hydrogen-bond acceptors (Lipinski definition) is 4. The average molecular weight is 273 g/mol. The van der Waals surface area contributed by atoms with E-state index in [-0.39, 0.29) is 11.1 Å². The summed E-state index contributed by atoms with van der Waals surface area (Å²) in [5.41, 5.74) is 2.17. The minimum atomic E-state index is -0.667. The Balaban J connectivity index is 2.01. The van der Waals surface area contributed by atoms with Gasteiger partial charge in [-0.1, -0.05) is 17.9 Å². The quantitative estimate of drug-likeness (QED) is 0.419. The van der Waals surface area contributed by atoms with E-state index in [0.717, 1.165) is 0 Å². The van der Waals surface area contributed by atoms with Crippen LogP contribution in [0.25, 0.3) is 0 Å². The van der Waals surface area contributed by atoms with Crippen molar-refractivity contribution in [2.24, 2.45) is 0 Å². The number of nitriles is 1. The molecule has 0 radical (unpaired) electrons. The molecule has 4 heteroatoms. The highest BCUT2D eigenvalue weighted by Crippen LogP contribution is 2.23. The maximum atomic E-state index is 11.6. The van der Waals surface area contributed by atoms with Crippen LogP contribution in [-0.2, 0) is 4.74 Å². The molecule has 1 heterocycles. The lowest BCUT2D eigenvalue weighted by Gasteiger charge is -1.96. The molecule has 1 aliphatic heterocycles. The van der Waals surface area contributed by atoms with Gasteiger partial charge in [0.15, 0.2) is 0 Å². The molecule has 0 bridgehead atoms. The van der Waals surface area contributed by atoms with Crippen LogP contribution < -0.4 is 0 Å². The van der Waals surface area contributed by atoms with E-state index < -0.39 is 11.9 Å². The summed E-state index contributed by atoms with van der Waals surface area (Å²) >= 11 is 0. The van der Waals surface area contributed by atoms with Crippen LogP contribution in [0.4, 0.5) is 0 Å². The summed E-state index contributed by atoms with van der Waals surface area (Å²) in [7, 11) is 0. The molecular formula is C17H7NO3. The van der Waals surface area contributed by atoms with Crippen LogP contribution in [0, 0.1) is 23.2 Å². The summed E-state index contributed by atoms with van der Waals surface area (Å²) in [6.45, 7) is 0. The first-order valence-corrected chi connectivity index (χ1v) is 6.11. The number of esters is 2. The average Bonchev–Trinajstić information content (AvgIpc) is 2.81.